The van der Waals surface area contributed by atoms with E-state index in [0.717, 1.165) is 6.07 Å². The Hall–Kier alpha value is -1.43. The van der Waals surface area contributed by atoms with Crippen molar-refractivity contribution in [3.63, 3.8) is 0 Å². The van der Waals surface area contributed by atoms with Crippen LogP contribution in [0.25, 0.3) is 0 Å². The number of hydrogen-bond donors (Lipinski definition) is 2. The Kier molecular flexibility index (Phi) is 4.42. The molecule has 0 aliphatic carbocycles. The zero-order chi connectivity index (χ0) is 12.1. The molecule has 0 heterocycles. The highest BCUT2D eigenvalue weighted by Gasteiger charge is 2.10. The van der Waals surface area contributed by atoms with Crippen LogP contribution in [0.3, 0.4) is 0 Å². The van der Waals surface area contributed by atoms with Gasteiger partial charge in [-0.05, 0) is 34.1 Å². The number of amides is 1. The monoisotopic (exact) mass is 289 g/mol. The van der Waals surface area contributed by atoms with Crippen molar-refractivity contribution >= 4 is 27.8 Å². The molecular weight excluding hydrogens is 281 g/mol. The topological polar surface area (TPSA) is 66.4 Å². The van der Waals surface area contributed by atoms with Crippen LogP contribution in [0.2, 0.25) is 0 Å². The van der Waals surface area contributed by atoms with Crippen LogP contribution in [-0.2, 0) is 4.79 Å². The summed E-state index contributed by atoms with van der Waals surface area (Å²) < 4.78 is 13.3. The first kappa shape index (κ1) is 12.6. The highest BCUT2D eigenvalue weighted by atomic mass is 79.9. The molecule has 0 spiro atoms. The Morgan fingerprint density at radius 3 is 2.75 bits per heavy atom. The minimum Gasteiger partial charge on any atom is -0.481 e. The van der Waals surface area contributed by atoms with E-state index in [1.807, 2.05) is 0 Å². The summed E-state index contributed by atoms with van der Waals surface area (Å²) in [6.07, 6.45) is -0.168. The van der Waals surface area contributed by atoms with Crippen molar-refractivity contribution in [3.05, 3.63) is 34.1 Å². The largest absolute Gasteiger partial charge is 0.481 e. The molecule has 0 radical (unpaired) electrons. The number of nitrogens with one attached hydrogen (secondary N) is 1. The third kappa shape index (κ3) is 3.62. The summed E-state index contributed by atoms with van der Waals surface area (Å²) in [5.74, 6) is -2.03. The standard InChI is InChI=1S/C10H9BrFNO3/c11-8-2-1-6(12)5-7(8)10(16)13-4-3-9(14)15/h1-2,5H,3-4H2,(H,13,16)(H,14,15). The number of carboxylic acid groups (broad SMARTS) is 1. The Morgan fingerprint density at radius 2 is 2.12 bits per heavy atom. The summed E-state index contributed by atoms with van der Waals surface area (Å²) in [6, 6.07) is 3.72. The maximum absolute atomic E-state index is 12.9. The van der Waals surface area contributed by atoms with E-state index in [-0.39, 0.29) is 18.5 Å². The number of benzene rings is 1. The van der Waals surface area contributed by atoms with Crippen LogP contribution in [0.1, 0.15) is 16.8 Å². The van der Waals surface area contributed by atoms with Gasteiger partial charge in [0.2, 0.25) is 0 Å². The summed E-state index contributed by atoms with van der Waals surface area (Å²) in [7, 11) is 0. The first-order chi connectivity index (χ1) is 7.50. The predicted octanol–water partition coefficient (Wildman–Crippen LogP) is 1.79. The molecule has 0 aliphatic heterocycles. The van der Waals surface area contributed by atoms with Gasteiger partial charge in [0.15, 0.2) is 0 Å². The van der Waals surface area contributed by atoms with Gasteiger partial charge in [-0.1, -0.05) is 0 Å². The van der Waals surface area contributed by atoms with Crippen LogP contribution in [0.4, 0.5) is 4.39 Å². The summed E-state index contributed by atoms with van der Waals surface area (Å²) >= 11 is 3.11. The maximum Gasteiger partial charge on any atom is 0.305 e. The smallest absolute Gasteiger partial charge is 0.305 e. The minimum absolute atomic E-state index is 0.0110. The van der Waals surface area contributed by atoms with Gasteiger partial charge in [0.25, 0.3) is 5.91 Å². The van der Waals surface area contributed by atoms with Gasteiger partial charge >= 0.3 is 5.97 Å². The third-order valence-electron chi connectivity index (χ3n) is 1.80. The molecule has 0 aromatic heterocycles. The predicted molar refractivity (Wildman–Crippen MR) is 58.7 cm³/mol. The number of carbonyl (C=O) groups excluding carboxylic acids is 1. The molecule has 2 N–H and O–H groups in total. The number of hydrogen-bond acceptors (Lipinski definition) is 2. The normalized spacial score (nSPS) is 9.88. The summed E-state index contributed by atoms with van der Waals surface area (Å²) in [5, 5.41) is 10.8. The van der Waals surface area contributed by atoms with Crippen LogP contribution < -0.4 is 5.32 Å². The summed E-state index contributed by atoms with van der Waals surface area (Å²) in [5.41, 5.74) is 0.144. The zero-order valence-electron chi connectivity index (χ0n) is 8.17. The quantitative estimate of drug-likeness (QED) is 0.888. The molecule has 6 heteroatoms. The Morgan fingerprint density at radius 1 is 1.44 bits per heavy atom. The second kappa shape index (κ2) is 5.60. The number of carbonyl (C=O) groups is 2. The van der Waals surface area contributed by atoms with Crippen molar-refractivity contribution in [1.29, 1.82) is 0 Å². The molecule has 16 heavy (non-hydrogen) atoms. The Balaban J connectivity index is 2.65. The molecule has 0 unspecified atom stereocenters. The second-order valence-electron chi connectivity index (χ2n) is 3.02. The third-order valence-corrected chi connectivity index (χ3v) is 2.49. The Labute approximate surface area is 99.6 Å². The molecule has 1 aromatic carbocycles. The van der Waals surface area contributed by atoms with Gasteiger partial charge in [-0.15, -0.1) is 0 Å². The van der Waals surface area contributed by atoms with E-state index in [9.17, 15) is 14.0 Å². The molecule has 86 valence electrons. The highest BCUT2D eigenvalue weighted by Crippen LogP contribution is 2.17. The molecule has 1 amide bonds. The number of halogens is 2. The molecule has 0 saturated heterocycles. The van der Waals surface area contributed by atoms with E-state index >= 15 is 0 Å². The molecule has 0 fully saturated rings. The van der Waals surface area contributed by atoms with E-state index < -0.39 is 17.7 Å². The lowest BCUT2D eigenvalue weighted by molar-refractivity contribution is -0.136. The first-order valence-electron chi connectivity index (χ1n) is 4.45. The average molecular weight is 290 g/mol. The van der Waals surface area contributed by atoms with Crippen LogP contribution >= 0.6 is 15.9 Å². The van der Waals surface area contributed by atoms with Crippen molar-refractivity contribution < 1.29 is 19.1 Å². The lowest BCUT2D eigenvalue weighted by Crippen LogP contribution is -2.26. The number of carboxylic acids is 1. The van der Waals surface area contributed by atoms with E-state index in [0.29, 0.717) is 4.47 Å². The molecule has 0 atom stereocenters. The number of rotatable bonds is 4. The number of aliphatic carboxylic acids is 1. The fourth-order valence-corrected chi connectivity index (χ4v) is 1.48. The maximum atomic E-state index is 12.9. The van der Waals surface area contributed by atoms with Gasteiger partial charge in [-0.25, -0.2) is 4.39 Å². The average Bonchev–Trinajstić information content (AvgIpc) is 2.21. The fourth-order valence-electron chi connectivity index (χ4n) is 1.05. The molecule has 4 nitrogen and oxygen atoms in total. The minimum atomic E-state index is -1.00. The van der Waals surface area contributed by atoms with E-state index in [4.69, 9.17) is 5.11 Å². The molecule has 0 bridgehead atoms. The molecule has 0 aliphatic rings. The van der Waals surface area contributed by atoms with Crippen LogP contribution in [0, 0.1) is 5.82 Å². The van der Waals surface area contributed by atoms with Gasteiger partial charge in [-0.2, -0.15) is 0 Å². The van der Waals surface area contributed by atoms with Crippen LogP contribution in [-0.4, -0.2) is 23.5 Å². The van der Waals surface area contributed by atoms with Crippen molar-refractivity contribution in [3.8, 4) is 0 Å². The van der Waals surface area contributed by atoms with Gasteiger partial charge in [0.1, 0.15) is 5.82 Å². The van der Waals surface area contributed by atoms with Crippen molar-refractivity contribution in [1.82, 2.24) is 5.32 Å². The molecule has 0 saturated carbocycles. The van der Waals surface area contributed by atoms with Crippen LogP contribution in [0.5, 0.6) is 0 Å². The first-order valence-corrected chi connectivity index (χ1v) is 5.25. The van der Waals surface area contributed by atoms with E-state index in [1.54, 1.807) is 0 Å². The summed E-state index contributed by atoms with van der Waals surface area (Å²) in [6.45, 7) is 0.0110. The molecule has 1 aromatic rings. The fraction of sp³-hybridized carbons (Fsp3) is 0.200. The van der Waals surface area contributed by atoms with E-state index in [2.05, 4.69) is 21.2 Å². The van der Waals surface area contributed by atoms with Gasteiger partial charge in [-0.3, -0.25) is 9.59 Å². The van der Waals surface area contributed by atoms with Crippen molar-refractivity contribution in [2.24, 2.45) is 0 Å². The Bertz CT molecular complexity index is 423. The lowest BCUT2D eigenvalue weighted by atomic mass is 10.2. The van der Waals surface area contributed by atoms with Gasteiger partial charge < -0.3 is 10.4 Å². The van der Waals surface area contributed by atoms with Gasteiger partial charge in [0, 0.05) is 11.0 Å². The SMILES string of the molecule is O=C(O)CCNC(=O)c1cc(F)ccc1Br. The van der Waals surface area contributed by atoms with Crippen molar-refractivity contribution in [2.75, 3.05) is 6.54 Å². The molecule has 1 rings (SSSR count). The highest BCUT2D eigenvalue weighted by molar-refractivity contribution is 9.10. The second-order valence-corrected chi connectivity index (χ2v) is 3.88. The zero-order valence-corrected chi connectivity index (χ0v) is 9.75. The van der Waals surface area contributed by atoms with Crippen molar-refractivity contribution in [2.45, 2.75) is 6.42 Å². The summed E-state index contributed by atoms with van der Waals surface area (Å²) in [4.78, 5) is 21.7. The molecular formula is C10H9BrFNO3. The lowest BCUT2D eigenvalue weighted by Gasteiger charge is -2.05. The van der Waals surface area contributed by atoms with Gasteiger partial charge in [0.05, 0.1) is 12.0 Å². The van der Waals surface area contributed by atoms with Crippen LogP contribution in [0.15, 0.2) is 22.7 Å². The van der Waals surface area contributed by atoms with E-state index in [1.165, 1.54) is 12.1 Å².